The minimum absolute atomic E-state index is 0.816. The van der Waals surface area contributed by atoms with Gasteiger partial charge in [0.2, 0.25) is 0 Å². The zero-order valence-electron chi connectivity index (χ0n) is 6.50. The standard InChI is InChI=1S/C9H8NOSi/c12-11-9-5-6-10-8-4-2-1-3-7(8)9/h1-5,10H,6H2. The first-order valence-corrected chi connectivity index (χ1v) is 4.19. The van der Waals surface area contributed by atoms with Crippen LogP contribution in [-0.2, 0) is 4.43 Å². The van der Waals surface area contributed by atoms with Gasteiger partial charge in [-0.25, -0.2) is 0 Å². The molecule has 0 amide bonds. The van der Waals surface area contributed by atoms with Crippen LogP contribution in [0.15, 0.2) is 30.3 Å². The molecule has 1 aromatic carbocycles. The van der Waals surface area contributed by atoms with E-state index in [-0.39, 0.29) is 0 Å². The summed E-state index contributed by atoms with van der Waals surface area (Å²) in [6.07, 6.45) is 2.00. The first-order valence-electron chi connectivity index (χ1n) is 3.79. The van der Waals surface area contributed by atoms with E-state index in [9.17, 15) is 0 Å². The van der Waals surface area contributed by atoms with Gasteiger partial charge in [-0.05, 0) is 18.2 Å². The number of fused-ring (bicyclic) bond motifs is 1. The lowest BCUT2D eigenvalue weighted by atomic mass is 10.1. The van der Waals surface area contributed by atoms with Gasteiger partial charge in [0.25, 0.3) is 0 Å². The van der Waals surface area contributed by atoms with E-state index in [0.29, 0.717) is 0 Å². The predicted molar refractivity (Wildman–Crippen MR) is 49.7 cm³/mol. The summed E-state index contributed by atoms with van der Waals surface area (Å²) >= 11 is 0. The highest BCUT2D eigenvalue weighted by molar-refractivity contribution is 6.02. The molecule has 0 unspecified atom stereocenters. The van der Waals surface area contributed by atoms with Crippen molar-refractivity contribution in [2.24, 2.45) is 0 Å². The summed E-state index contributed by atoms with van der Waals surface area (Å²) in [6, 6.07) is 8.05. The average Bonchev–Trinajstić information content (AvgIpc) is 2.17. The Morgan fingerprint density at radius 1 is 1.33 bits per heavy atom. The minimum Gasteiger partial charge on any atom is -0.540 e. The molecular weight excluding hydrogens is 166 g/mol. The van der Waals surface area contributed by atoms with Crippen molar-refractivity contribution in [3.63, 3.8) is 0 Å². The highest BCUT2D eigenvalue weighted by atomic mass is 28.2. The molecule has 1 aliphatic heterocycles. The fourth-order valence-corrected chi connectivity index (χ4v) is 1.51. The van der Waals surface area contributed by atoms with Crippen LogP contribution in [0, 0.1) is 0 Å². The van der Waals surface area contributed by atoms with E-state index < -0.39 is 0 Å². The molecule has 1 N–H and O–H groups in total. The van der Waals surface area contributed by atoms with Crippen LogP contribution in [0.5, 0.6) is 0 Å². The van der Waals surface area contributed by atoms with Gasteiger partial charge in [-0.3, -0.25) is 0 Å². The maximum Gasteiger partial charge on any atom is 0.341 e. The van der Waals surface area contributed by atoms with Crippen molar-refractivity contribution >= 4 is 21.9 Å². The van der Waals surface area contributed by atoms with Crippen LogP contribution in [0.3, 0.4) is 0 Å². The topological polar surface area (TPSA) is 21.3 Å². The van der Waals surface area contributed by atoms with Crippen molar-refractivity contribution in [1.29, 1.82) is 0 Å². The maximum atomic E-state index is 5.04. The van der Waals surface area contributed by atoms with Crippen LogP contribution in [0.2, 0.25) is 0 Å². The number of nitrogens with one attached hydrogen (secondary N) is 1. The Bertz CT molecular complexity index is 322. The van der Waals surface area contributed by atoms with Gasteiger partial charge in [0.15, 0.2) is 0 Å². The van der Waals surface area contributed by atoms with Crippen LogP contribution in [0.25, 0.3) is 5.76 Å². The molecule has 3 heteroatoms. The largest absolute Gasteiger partial charge is 0.540 e. The minimum atomic E-state index is 0.816. The molecule has 0 aromatic heterocycles. The van der Waals surface area contributed by atoms with Crippen LogP contribution < -0.4 is 5.32 Å². The number of hydrogen-bond acceptors (Lipinski definition) is 2. The molecule has 0 aliphatic carbocycles. The van der Waals surface area contributed by atoms with Crippen LogP contribution >= 0.6 is 0 Å². The number of benzene rings is 1. The van der Waals surface area contributed by atoms with Gasteiger partial charge in [-0.15, -0.1) is 0 Å². The third kappa shape index (κ3) is 1.12. The van der Waals surface area contributed by atoms with E-state index in [1.807, 2.05) is 30.3 Å². The molecular formula is C9H8NOSi. The smallest absolute Gasteiger partial charge is 0.341 e. The second-order valence-corrected chi connectivity index (χ2v) is 2.80. The fourth-order valence-electron chi connectivity index (χ4n) is 1.31. The number of anilines is 1. The SMILES string of the molecule is [Si]OC1=CCNc2ccccc21. The quantitative estimate of drug-likeness (QED) is 0.652. The summed E-state index contributed by atoms with van der Waals surface area (Å²) in [5, 5.41) is 3.25. The van der Waals surface area contributed by atoms with Crippen molar-refractivity contribution in [3.8, 4) is 0 Å². The Kier molecular flexibility index (Phi) is 1.87. The molecule has 0 saturated carbocycles. The third-order valence-corrected chi connectivity index (χ3v) is 2.10. The Balaban J connectivity index is 2.48. The van der Waals surface area contributed by atoms with Crippen LogP contribution in [0.1, 0.15) is 5.56 Å². The Hall–Kier alpha value is -1.22. The van der Waals surface area contributed by atoms with Gasteiger partial charge >= 0.3 is 10.5 Å². The summed E-state index contributed by atoms with van der Waals surface area (Å²) in [5.74, 6) is 0.876. The summed E-state index contributed by atoms with van der Waals surface area (Å²) in [5.41, 5.74) is 2.21. The number of rotatable bonds is 1. The molecule has 3 radical (unpaired) electrons. The lowest BCUT2D eigenvalue weighted by Crippen LogP contribution is -2.08. The van der Waals surface area contributed by atoms with Crippen LogP contribution in [-0.4, -0.2) is 17.0 Å². The van der Waals surface area contributed by atoms with Gasteiger partial charge in [0.1, 0.15) is 5.76 Å². The zero-order valence-corrected chi connectivity index (χ0v) is 7.50. The molecule has 0 spiro atoms. The van der Waals surface area contributed by atoms with Gasteiger partial charge < -0.3 is 9.74 Å². The van der Waals surface area contributed by atoms with E-state index in [1.54, 1.807) is 0 Å². The van der Waals surface area contributed by atoms with E-state index in [2.05, 4.69) is 15.8 Å². The van der Waals surface area contributed by atoms with E-state index in [4.69, 9.17) is 4.43 Å². The molecule has 59 valence electrons. The van der Waals surface area contributed by atoms with Crippen LogP contribution in [0.4, 0.5) is 5.69 Å². The Morgan fingerprint density at radius 2 is 2.17 bits per heavy atom. The molecule has 2 nitrogen and oxygen atoms in total. The monoisotopic (exact) mass is 174 g/mol. The zero-order chi connectivity index (χ0) is 8.39. The van der Waals surface area contributed by atoms with E-state index >= 15 is 0 Å². The number of para-hydroxylation sites is 1. The first kappa shape index (κ1) is 7.43. The predicted octanol–water partition coefficient (Wildman–Crippen LogP) is 1.55. The molecule has 2 rings (SSSR count). The Morgan fingerprint density at radius 3 is 3.00 bits per heavy atom. The van der Waals surface area contributed by atoms with Crippen molar-refractivity contribution in [2.75, 3.05) is 11.9 Å². The second-order valence-electron chi connectivity index (χ2n) is 2.60. The van der Waals surface area contributed by atoms with Gasteiger partial charge in [0, 0.05) is 17.8 Å². The van der Waals surface area contributed by atoms with Gasteiger partial charge in [0.05, 0.1) is 0 Å². The molecule has 0 atom stereocenters. The summed E-state index contributed by atoms with van der Waals surface area (Å²) in [6.45, 7) is 0.816. The van der Waals surface area contributed by atoms with Crippen molar-refractivity contribution in [1.82, 2.24) is 0 Å². The highest BCUT2D eigenvalue weighted by Gasteiger charge is 2.09. The third-order valence-electron chi connectivity index (χ3n) is 1.88. The molecule has 0 saturated heterocycles. The van der Waals surface area contributed by atoms with Crippen molar-refractivity contribution in [3.05, 3.63) is 35.9 Å². The van der Waals surface area contributed by atoms with Gasteiger partial charge in [-0.2, -0.15) is 0 Å². The lowest BCUT2D eigenvalue weighted by molar-refractivity contribution is 0.569. The molecule has 1 aromatic rings. The summed E-state index contributed by atoms with van der Waals surface area (Å²) in [4.78, 5) is 0. The lowest BCUT2D eigenvalue weighted by Gasteiger charge is -2.17. The second kappa shape index (κ2) is 3.03. The molecule has 0 bridgehead atoms. The average molecular weight is 174 g/mol. The Labute approximate surface area is 74.8 Å². The number of hydrogen-bond donors (Lipinski definition) is 1. The van der Waals surface area contributed by atoms with Gasteiger partial charge in [-0.1, -0.05) is 12.1 Å². The van der Waals surface area contributed by atoms with E-state index in [0.717, 1.165) is 23.6 Å². The maximum absolute atomic E-state index is 5.04. The molecule has 0 fully saturated rings. The molecule has 1 heterocycles. The fraction of sp³-hybridized carbons (Fsp3) is 0.111. The first-order chi connectivity index (χ1) is 5.92. The van der Waals surface area contributed by atoms with E-state index in [1.165, 1.54) is 0 Å². The summed E-state index contributed by atoms with van der Waals surface area (Å²) in [7, 11) is 3.03. The molecule has 12 heavy (non-hydrogen) atoms. The highest BCUT2D eigenvalue weighted by Crippen LogP contribution is 2.26. The molecule has 1 aliphatic rings. The van der Waals surface area contributed by atoms with Crippen molar-refractivity contribution in [2.45, 2.75) is 0 Å². The normalized spacial score (nSPS) is 14.2. The summed E-state index contributed by atoms with van der Waals surface area (Å²) < 4.78 is 5.04. The van der Waals surface area contributed by atoms with Crippen molar-refractivity contribution < 1.29 is 4.43 Å².